The SMILES string of the molecule is [2H]c1c([2H])c([2H])c2c([2H])c(-c3c4c([2H])c([2H])c([2H])c([2H])c4c(-c4ccc5sc6ccccc6c5c4)c4c([2H])c([2H])c([2H])c([2H])c34)c([2H])c([2H])c2c1[2H]. The maximum Gasteiger partial charge on any atom is 0.0636 e. The van der Waals surface area contributed by atoms with Gasteiger partial charge in [0.1, 0.15) is 0 Å². The summed E-state index contributed by atoms with van der Waals surface area (Å²) in [5.74, 6) is 0. The first-order valence-corrected chi connectivity index (χ1v) is 12.3. The summed E-state index contributed by atoms with van der Waals surface area (Å²) in [5, 5.41) is 0.106. The van der Waals surface area contributed by atoms with Crippen molar-refractivity contribution >= 4 is 63.8 Å². The summed E-state index contributed by atoms with van der Waals surface area (Å²) in [6.45, 7) is 0. The summed E-state index contributed by atoms with van der Waals surface area (Å²) in [6.07, 6.45) is 0. The summed E-state index contributed by atoms with van der Waals surface area (Å²) < 4.78 is 134. The van der Waals surface area contributed by atoms with E-state index in [-0.39, 0.29) is 32.7 Å². The standard InChI is InChI=1S/C36H22S/c1-2-10-24-21-25(18-17-23(24)9-1)35-28-12-3-5-14-30(28)36(31-15-6-4-13-29(31)35)26-19-20-34-32(22-26)27-11-7-8-16-33(27)37-34/h1-22H/i1D,2D,3D,4D,5D,6D,9D,10D,12D,13D,14D,15D,17D,18D,21D. The first kappa shape index (κ1) is 10.9. The van der Waals surface area contributed by atoms with E-state index in [0.717, 1.165) is 20.2 Å². The summed E-state index contributed by atoms with van der Waals surface area (Å²) in [5.41, 5.74) is -0.346. The molecule has 0 radical (unpaired) electrons. The van der Waals surface area contributed by atoms with Crippen LogP contribution in [0.25, 0.3) is 74.7 Å². The van der Waals surface area contributed by atoms with Gasteiger partial charge in [-0.2, -0.15) is 0 Å². The van der Waals surface area contributed by atoms with Crippen molar-refractivity contribution in [3.63, 3.8) is 0 Å². The normalized spacial score (nSPS) is 17.5. The van der Waals surface area contributed by atoms with Crippen LogP contribution in [-0.2, 0) is 0 Å². The fourth-order valence-corrected chi connectivity index (χ4v) is 6.04. The van der Waals surface area contributed by atoms with Crippen molar-refractivity contribution in [2.24, 2.45) is 0 Å². The van der Waals surface area contributed by atoms with Crippen LogP contribution in [0.4, 0.5) is 0 Å². The van der Waals surface area contributed by atoms with Gasteiger partial charge in [-0.1, -0.05) is 109 Å². The second-order valence-corrected chi connectivity index (χ2v) is 9.64. The van der Waals surface area contributed by atoms with Crippen molar-refractivity contribution in [1.82, 2.24) is 0 Å². The highest BCUT2D eigenvalue weighted by molar-refractivity contribution is 7.25. The van der Waals surface area contributed by atoms with E-state index in [0.29, 0.717) is 5.56 Å². The van der Waals surface area contributed by atoms with Crippen LogP contribution in [-0.4, -0.2) is 0 Å². The monoisotopic (exact) mass is 501 g/mol. The molecule has 8 aromatic rings. The van der Waals surface area contributed by atoms with Gasteiger partial charge in [0.25, 0.3) is 0 Å². The highest BCUT2D eigenvalue weighted by Crippen LogP contribution is 2.45. The minimum Gasteiger partial charge on any atom is -0.135 e. The molecule has 0 aliphatic heterocycles. The number of fused-ring (bicyclic) bond motifs is 6. The molecule has 0 fully saturated rings. The Kier molecular flexibility index (Phi) is 2.36. The molecule has 0 N–H and O–H groups in total. The molecular weight excluding hydrogens is 464 g/mol. The molecule has 37 heavy (non-hydrogen) atoms. The number of thiophene rings is 1. The highest BCUT2D eigenvalue weighted by atomic mass is 32.1. The summed E-state index contributed by atoms with van der Waals surface area (Å²) in [4.78, 5) is 0. The maximum absolute atomic E-state index is 9.34. The summed E-state index contributed by atoms with van der Waals surface area (Å²) in [7, 11) is 0. The van der Waals surface area contributed by atoms with Crippen molar-refractivity contribution in [3.05, 3.63) is 133 Å². The zero-order valence-electron chi connectivity index (χ0n) is 33.9. The predicted octanol–water partition coefficient (Wildman–Crippen LogP) is 10.8. The van der Waals surface area contributed by atoms with Gasteiger partial charge in [-0.25, -0.2) is 0 Å². The highest BCUT2D eigenvalue weighted by Gasteiger charge is 2.17. The topological polar surface area (TPSA) is 0 Å². The fourth-order valence-electron chi connectivity index (χ4n) is 4.95. The molecule has 172 valence electrons. The number of rotatable bonds is 2. The Morgan fingerprint density at radius 1 is 0.459 bits per heavy atom. The maximum atomic E-state index is 9.34. The van der Waals surface area contributed by atoms with Crippen LogP contribution in [0.5, 0.6) is 0 Å². The molecule has 0 atom stereocenters. The molecule has 1 aromatic heterocycles. The molecular formula is C36H22S. The molecule has 0 aliphatic rings. The van der Waals surface area contributed by atoms with E-state index < -0.39 is 107 Å². The Balaban J connectivity index is 1.71. The molecule has 7 aromatic carbocycles. The van der Waals surface area contributed by atoms with Crippen LogP contribution in [0.15, 0.2) is 133 Å². The first-order chi connectivity index (χ1) is 24.6. The Hall–Kier alpha value is -4.46. The van der Waals surface area contributed by atoms with Crippen LogP contribution in [0.3, 0.4) is 0 Å². The Labute approximate surface area is 240 Å². The van der Waals surface area contributed by atoms with Gasteiger partial charge in [0.15, 0.2) is 0 Å². The third-order valence-corrected chi connectivity index (χ3v) is 7.69. The number of hydrogen-bond acceptors (Lipinski definition) is 1. The summed E-state index contributed by atoms with van der Waals surface area (Å²) >= 11 is 1.55. The zero-order valence-corrected chi connectivity index (χ0v) is 19.8. The third kappa shape index (κ3) is 3.15. The van der Waals surface area contributed by atoms with Crippen LogP contribution in [0.2, 0.25) is 0 Å². The van der Waals surface area contributed by atoms with Gasteiger partial charge in [-0.15, -0.1) is 11.3 Å². The van der Waals surface area contributed by atoms with E-state index in [9.17, 15) is 6.85 Å². The van der Waals surface area contributed by atoms with Crippen LogP contribution in [0, 0.1) is 0 Å². The van der Waals surface area contributed by atoms with E-state index >= 15 is 0 Å². The molecule has 0 aliphatic carbocycles. The fraction of sp³-hybridized carbons (Fsp3) is 0. The molecule has 0 nitrogen and oxygen atoms in total. The lowest BCUT2D eigenvalue weighted by atomic mass is 9.85. The predicted molar refractivity (Wildman–Crippen MR) is 163 cm³/mol. The van der Waals surface area contributed by atoms with Crippen molar-refractivity contribution in [2.75, 3.05) is 0 Å². The minimum atomic E-state index is -0.719. The Bertz CT molecular complexity index is 2890. The smallest absolute Gasteiger partial charge is 0.0636 e. The number of benzene rings is 7. The lowest BCUT2D eigenvalue weighted by Crippen LogP contribution is -1.91. The van der Waals surface area contributed by atoms with Crippen LogP contribution < -0.4 is 0 Å². The average Bonchev–Trinajstić information content (AvgIpc) is 3.51. The van der Waals surface area contributed by atoms with Crippen molar-refractivity contribution in [2.45, 2.75) is 0 Å². The average molecular weight is 502 g/mol. The number of hydrogen-bond donors (Lipinski definition) is 0. The molecule has 0 saturated heterocycles. The van der Waals surface area contributed by atoms with Crippen molar-refractivity contribution in [1.29, 1.82) is 0 Å². The minimum absolute atomic E-state index is 0.0804. The van der Waals surface area contributed by atoms with E-state index in [1.165, 1.54) is 0 Å². The molecule has 1 heterocycles. The molecule has 0 unspecified atom stereocenters. The van der Waals surface area contributed by atoms with Crippen molar-refractivity contribution in [3.8, 4) is 22.3 Å². The lowest BCUT2D eigenvalue weighted by Gasteiger charge is -2.18. The molecule has 0 bridgehead atoms. The summed E-state index contributed by atoms with van der Waals surface area (Å²) in [6, 6.07) is 3.38. The second-order valence-electron chi connectivity index (χ2n) is 8.56. The van der Waals surface area contributed by atoms with E-state index in [1.807, 2.05) is 36.4 Å². The lowest BCUT2D eigenvalue weighted by molar-refractivity contribution is 1.69. The molecule has 0 saturated carbocycles. The largest absolute Gasteiger partial charge is 0.135 e. The van der Waals surface area contributed by atoms with Gasteiger partial charge in [-0.05, 0) is 78.8 Å². The van der Waals surface area contributed by atoms with E-state index in [2.05, 4.69) is 0 Å². The van der Waals surface area contributed by atoms with Crippen LogP contribution >= 0.6 is 11.3 Å². The molecule has 0 amide bonds. The first-order valence-electron chi connectivity index (χ1n) is 19.0. The van der Waals surface area contributed by atoms with E-state index in [1.54, 1.807) is 17.4 Å². The quantitative estimate of drug-likeness (QED) is 0.207. The van der Waals surface area contributed by atoms with Gasteiger partial charge in [0, 0.05) is 20.2 Å². The molecule has 0 spiro atoms. The molecule has 8 rings (SSSR count). The van der Waals surface area contributed by atoms with Gasteiger partial charge < -0.3 is 0 Å². The van der Waals surface area contributed by atoms with Crippen molar-refractivity contribution < 1.29 is 20.6 Å². The van der Waals surface area contributed by atoms with Gasteiger partial charge in [-0.3, -0.25) is 0 Å². The Morgan fingerprint density at radius 3 is 1.78 bits per heavy atom. The zero-order chi connectivity index (χ0) is 37.4. The van der Waals surface area contributed by atoms with Gasteiger partial charge in [0.05, 0.1) is 20.6 Å². The Morgan fingerprint density at radius 2 is 1.05 bits per heavy atom. The molecule has 1 heteroatoms. The second kappa shape index (κ2) is 8.03. The van der Waals surface area contributed by atoms with Gasteiger partial charge >= 0.3 is 0 Å². The van der Waals surface area contributed by atoms with E-state index in [4.69, 9.17) is 13.7 Å². The van der Waals surface area contributed by atoms with Gasteiger partial charge in [0.2, 0.25) is 0 Å². The third-order valence-electron chi connectivity index (χ3n) is 6.54. The van der Waals surface area contributed by atoms with Crippen LogP contribution in [0.1, 0.15) is 20.6 Å².